The number of carboxylic acid groups (broad SMARTS) is 1. The van der Waals surface area contributed by atoms with Gasteiger partial charge >= 0.3 is 5.97 Å². The highest BCUT2D eigenvalue weighted by molar-refractivity contribution is 5.81. The highest BCUT2D eigenvalue weighted by Gasteiger charge is 2.50. The van der Waals surface area contributed by atoms with E-state index in [9.17, 15) is 14.7 Å². The van der Waals surface area contributed by atoms with E-state index in [2.05, 4.69) is 0 Å². The fourth-order valence-corrected chi connectivity index (χ4v) is 2.76. The average molecular weight is 296 g/mol. The molecule has 120 valence electrons. The maximum atomic E-state index is 11.6. The minimum absolute atomic E-state index is 0.161. The Hall–Kier alpha value is -1.42. The minimum Gasteiger partial charge on any atom is -0.478 e. The largest absolute Gasteiger partial charge is 0.478 e. The molecule has 0 aromatic heterocycles. The quantitative estimate of drug-likeness (QED) is 0.618. The van der Waals surface area contributed by atoms with Crippen LogP contribution in [0.5, 0.6) is 0 Å². The first-order valence-electron chi connectivity index (χ1n) is 7.43. The van der Waals surface area contributed by atoms with Gasteiger partial charge in [0.15, 0.2) is 0 Å². The number of carbonyl (C=O) groups excluding carboxylic acids is 1. The highest BCUT2D eigenvalue weighted by Crippen LogP contribution is 2.46. The van der Waals surface area contributed by atoms with Crippen LogP contribution in [0.25, 0.3) is 0 Å². The molecule has 0 saturated heterocycles. The lowest BCUT2D eigenvalue weighted by Crippen LogP contribution is -2.53. The number of rotatable bonds is 3. The van der Waals surface area contributed by atoms with Crippen LogP contribution in [0.4, 0.5) is 0 Å². The van der Waals surface area contributed by atoms with E-state index in [0.29, 0.717) is 18.4 Å². The second-order valence-corrected chi connectivity index (χ2v) is 6.09. The highest BCUT2D eigenvalue weighted by atomic mass is 16.4. The topological polar surface area (TPSA) is 74.6 Å². The van der Waals surface area contributed by atoms with Crippen LogP contribution < -0.4 is 0 Å². The fourth-order valence-electron chi connectivity index (χ4n) is 2.76. The number of allylic oxidation sites excluding steroid dienone is 2. The lowest BCUT2D eigenvalue weighted by atomic mass is 9.60. The SMILES string of the molecule is CC.CC(/C=C/C1(O)C(C)CC(=O)CC1(C)C)=C\C(=O)O. The molecule has 21 heavy (non-hydrogen) atoms. The second-order valence-electron chi connectivity index (χ2n) is 6.09. The summed E-state index contributed by atoms with van der Waals surface area (Å²) in [5, 5.41) is 19.5. The van der Waals surface area contributed by atoms with Gasteiger partial charge in [-0.3, -0.25) is 4.79 Å². The van der Waals surface area contributed by atoms with Gasteiger partial charge < -0.3 is 10.2 Å². The van der Waals surface area contributed by atoms with Gasteiger partial charge in [0.1, 0.15) is 5.78 Å². The number of hydrogen-bond acceptors (Lipinski definition) is 3. The van der Waals surface area contributed by atoms with Crippen molar-refractivity contribution in [2.24, 2.45) is 11.3 Å². The molecule has 1 rings (SSSR count). The van der Waals surface area contributed by atoms with Gasteiger partial charge in [-0.25, -0.2) is 4.79 Å². The number of aliphatic hydroxyl groups is 1. The summed E-state index contributed by atoms with van der Waals surface area (Å²) in [4.78, 5) is 22.2. The summed E-state index contributed by atoms with van der Waals surface area (Å²) in [5.41, 5.74) is -1.10. The van der Waals surface area contributed by atoms with E-state index in [1.165, 1.54) is 0 Å². The fraction of sp³-hybridized carbons (Fsp3) is 0.647. The molecule has 4 heteroatoms. The summed E-state index contributed by atoms with van der Waals surface area (Å²) in [6, 6.07) is 0. The summed E-state index contributed by atoms with van der Waals surface area (Å²) in [5.74, 6) is -1.04. The Morgan fingerprint density at radius 2 is 1.86 bits per heavy atom. The Bertz CT molecular complexity index is 446. The van der Waals surface area contributed by atoms with Crippen molar-refractivity contribution in [2.75, 3.05) is 0 Å². The third-order valence-corrected chi connectivity index (χ3v) is 3.96. The van der Waals surface area contributed by atoms with Gasteiger partial charge in [0.2, 0.25) is 0 Å². The van der Waals surface area contributed by atoms with Crippen molar-refractivity contribution in [2.45, 2.75) is 60.0 Å². The van der Waals surface area contributed by atoms with Crippen LogP contribution in [0.3, 0.4) is 0 Å². The van der Waals surface area contributed by atoms with Gasteiger partial charge in [-0.1, -0.05) is 46.8 Å². The summed E-state index contributed by atoms with van der Waals surface area (Å²) in [6.45, 7) is 11.2. The molecule has 0 aromatic carbocycles. The number of hydrogen-bond donors (Lipinski definition) is 2. The molecule has 0 heterocycles. The maximum Gasteiger partial charge on any atom is 0.328 e. The first kappa shape index (κ1) is 19.6. The van der Waals surface area contributed by atoms with E-state index >= 15 is 0 Å². The van der Waals surface area contributed by atoms with E-state index < -0.39 is 17.0 Å². The molecule has 1 aliphatic rings. The molecule has 1 fully saturated rings. The molecule has 2 N–H and O–H groups in total. The molecule has 1 saturated carbocycles. The third-order valence-electron chi connectivity index (χ3n) is 3.96. The second kappa shape index (κ2) is 7.55. The van der Waals surface area contributed by atoms with E-state index in [1.807, 2.05) is 34.6 Å². The Balaban J connectivity index is 0.00000191. The van der Waals surface area contributed by atoms with Crippen LogP contribution in [-0.2, 0) is 9.59 Å². The Labute approximate surface area is 127 Å². The molecule has 0 amide bonds. The molecule has 1 aliphatic carbocycles. The molecule has 2 atom stereocenters. The van der Waals surface area contributed by atoms with E-state index in [4.69, 9.17) is 5.11 Å². The minimum atomic E-state index is -1.10. The zero-order chi connectivity index (χ0) is 16.8. The number of Topliss-reactive ketones (excluding diaryl/α,β-unsaturated/α-hetero) is 1. The van der Waals surface area contributed by atoms with Crippen LogP contribution >= 0.6 is 0 Å². The predicted molar refractivity (Wildman–Crippen MR) is 84.0 cm³/mol. The van der Waals surface area contributed by atoms with Crippen molar-refractivity contribution in [1.82, 2.24) is 0 Å². The molecule has 4 nitrogen and oxygen atoms in total. The molecular formula is C17H28O4. The van der Waals surface area contributed by atoms with Gasteiger partial charge in [0, 0.05) is 24.3 Å². The van der Waals surface area contributed by atoms with Crippen molar-refractivity contribution in [3.05, 3.63) is 23.8 Å². The van der Waals surface area contributed by atoms with Crippen molar-refractivity contribution in [3.63, 3.8) is 0 Å². The Morgan fingerprint density at radius 3 is 2.29 bits per heavy atom. The maximum absolute atomic E-state index is 11.6. The lowest BCUT2D eigenvalue weighted by molar-refractivity contribution is -0.142. The van der Waals surface area contributed by atoms with Crippen molar-refractivity contribution in [1.29, 1.82) is 0 Å². The van der Waals surface area contributed by atoms with Crippen LogP contribution in [0.15, 0.2) is 23.8 Å². The average Bonchev–Trinajstić information content (AvgIpc) is 2.35. The zero-order valence-electron chi connectivity index (χ0n) is 13.9. The summed E-state index contributed by atoms with van der Waals surface area (Å²) in [6.07, 6.45) is 5.03. The predicted octanol–water partition coefficient (Wildman–Crippen LogP) is 3.36. The van der Waals surface area contributed by atoms with Crippen molar-refractivity contribution in [3.8, 4) is 0 Å². The first-order valence-corrected chi connectivity index (χ1v) is 7.43. The number of carbonyl (C=O) groups is 2. The molecule has 0 bridgehead atoms. The summed E-state index contributed by atoms with van der Waals surface area (Å²) in [7, 11) is 0. The standard InChI is InChI=1S/C15H22O4.C2H6/c1-10(7-13(17)18)5-6-15(19)11(2)8-12(16)9-14(15,3)4;1-2/h5-7,11,19H,8-9H2,1-4H3,(H,17,18);1-2H3/b6-5+,10-7+;. The monoisotopic (exact) mass is 296 g/mol. The number of aliphatic carboxylic acids is 1. The van der Waals surface area contributed by atoms with Gasteiger partial charge in [0.05, 0.1) is 5.60 Å². The normalized spacial score (nSPS) is 29.0. The van der Waals surface area contributed by atoms with Crippen LogP contribution in [0, 0.1) is 11.3 Å². The Kier molecular flexibility index (Phi) is 7.04. The smallest absolute Gasteiger partial charge is 0.328 e. The lowest BCUT2D eigenvalue weighted by Gasteiger charge is -2.48. The first-order chi connectivity index (χ1) is 9.58. The van der Waals surface area contributed by atoms with Crippen molar-refractivity contribution < 1.29 is 19.8 Å². The van der Waals surface area contributed by atoms with Gasteiger partial charge in [-0.15, -0.1) is 0 Å². The van der Waals surface area contributed by atoms with Crippen LogP contribution in [0.1, 0.15) is 54.4 Å². The van der Waals surface area contributed by atoms with Crippen molar-refractivity contribution >= 4 is 11.8 Å². The molecule has 0 aromatic rings. The molecule has 0 radical (unpaired) electrons. The van der Waals surface area contributed by atoms with E-state index in [-0.39, 0.29) is 11.7 Å². The molecular weight excluding hydrogens is 268 g/mol. The molecule has 0 spiro atoms. The van der Waals surface area contributed by atoms with Gasteiger partial charge in [-0.05, 0) is 18.4 Å². The van der Waals surface area contributed by atoms with Gasteiger partial charge in [0.25, 0.3) is 0 Å². The van der Waals surface area contributed by atoms with E-state index in [0.717, 1.165) is 6.08 Å². The summed E-state index contributed by atoms with van der Waals surface area (Å²) < 4.78 is 0. The van der Waals surface area contributed by atoms with Gasteiger partial charge in [-0.2, -0.15) is 0 Å². The number of carboxylic acids is 1. The summed E-state index contributed by atoms with van der Waals surface area (Å²) >= 11 is 0. The third kappa shape index (κ3) is 4.81. The molecule has 2 unspecified atom stereocenters. The van der Waals surface area contributed by atoms with Crippen LogP contribution in [0.2, 0.25) is 0 Å². The van der Waals surface area contributed by atoms with Crippen LogP contribution in [-0.4, -0.2) is 27.6 Å². The Morgan fingerprint density at radius 1 is 1.33 bits per heavy atom. The molecule has 0 aliphatic heterocycles. The zero-order valence-corrected chi connectivity index (χ0v) is 13.9. The van der Waals surface area contributed by atoms with E-state index in [1.54, 1.807) is 19.1 Å². The number of ketones is 1.